The van der Waals surface area contributed by atoms with Gasteiger partial charge in [0.15, 0.2) is 0 Å². The fourth-order valence-electron chi connectivity index (χ4n) is 25.0. The number of benzene rings is 21. The van der Waals surface area contributed by atoms with Crippen LogP contribution in [0, 0.1) is 0 Å². The van der Waals surface area contributed by atoms with E-state index in [9.17, 15) is 0 Å². The summed E-state index contributed by atoms with van der Waals surface area (Å²) in [5.74, 6) is 0. The van der Waals surface area contributed by atoms with Gasteiger partial charge in [-0.1, -0.05) is 334 Å². The van der Waals surface area contributed by atoms with Gasteiger partial charge in [0, 0.05) is 133 Å². The summed E-state index contributed by atoms with van der Waals surface area (Å²) in [5, 5.41) is 25.0. The van der Waals surface area contributed by atoms with Crippen molar-refractivity contribution < 1.29 is 0 Å². The largest absolute Gasteiger partial charge is 0.309 e. The summed E-state index contributed by atoms with van der Waals surface area (Å²) in [6.45, 7) is 0. The van der Waals surface area contributed by atoms with E-state index in [4.69, 9.17) is 0 Å². The van der Waals surface area contributed by atoms with Gasteiger partial charge in [-0.25, -0.2) is 0 Å². The maximum atomic E-state index is 2.49. The molecule has 0 radical (unpaired) electrons. The first-order chi connectivity index (χ1) is 65.6. The molecule has 0 bridgehead atoms. The molecule has 33 rings (SSSR count). The van der Waals surface area contributed by atoms with Gasteiger partial charge in [0.05, 0.1) is 72.6 Å². The van der Waals surface area contributed by atoms with E-state index < -0.39 is 0 Å². The van der Waals surface area contributed by atoms with Gasteiger partial charge in [0.1, 0.15) is 0 Å². The quantitative estimate of drug-likeness (QED) is 0.159. The van der Waals surface area contributed by atoms with Gasteiger partial charge < -0.3 is 27.2 Å². The summed E-state index contributed by atoms with van der Waals surface area (Å²) < 4.78 is 14.8. The van der Waals surface area contributed by atoms with Gasteiger partial charge >= 0.3 is 0 Å². The molecular weight excluding hydrogens is 1600 g/mol. The van der Waals surface area contributed by atoms with Crippen molar-refractivity contribution in [2.24, 2.45) is 0 Å². The first kappa shape index (κ1) is 70.6. The number of aromatic nitrogens is 6. The molecular formula is C126H72N6. The van der Waals surface area contributed by atoms with Crippen molar-refractivity contribution >= 4 is 146 Å². The molecule has 0 aliphatic heterocycles. The maximum Gasteiger partial charge on any atom is 0.0626 e. The summed E-state index contributed by atoms with van der Waals surface area (Å²) in [4.78, 5) is 0. The second-order valence-electron chi connectivity index (χ2n) is 36.2. The molecule has 606 valence electrons. The van der Waals surface area contributed by atoms with Crippen molar-refractivity contribution in [3.63, 3.8) is 0 Å². The maximum absolute atomic E-state index is 2.49. The monoisotopic (exact) mass is 1670 g/mol. The lowest BCUT2D eigenvalue weighted by atomic mass is 9.89. The van der Waals surface area contributed by atoms with Crippen LogP contribution in [-0.2, 0) is 0 Å². The molecule has 132 heavy (non-hydrogen) atoms. The van der Waals surface area contributed by atoms with E-state index in [2.05, 4.69) is 464 Å². The molecule has 0 atom stereocenters. The predicted octanol–water partition coefficient (Wildman–Crippen LogP) is 33.6. The molecule has 0 N–H and O–H groups in total. The minimum absolute atomic E-state index is 1.18. The van der Waals surface area contributed by atoms with Crippen LogP contribution in [0.3, 0.4) is 0 Å². The van der Waals surface area contributed by atoms with Crippen molar-refractivity contribution in [2.75, 3.05) is 0 Å². The summed E-state index contributed by atoms with van der Waals surface area (Å²) in [6.07, 6.45) is 0. The number of nitrogens with zero attached hydrogens (tertiary/aromatic N) is 6. The molecule has 5 aliphatic rings. The number of hydrogen-bond donors (Lipinski definition) is 0. The fourth-order valence-corrected chi connectivity index (χ4v) is 25.0. The Bertz CT molecular complexity index is 9620. The van der Waals surface area contributed by atoms with Gasteiger partial charge in [-0.2, -0.15) is 0 Å². The van der Waals surface area contributed by atoms with E-state index in [1.807, 2.05) is 0 Å². The van der Waals surface area contributed by atoms with E-state index in [1.54, 1.807) is 0 Å². The van der Waals surface area contributed by atoms with Gasteiger partial charge in [-0.05, 0) is 196 Å². The van der Waals surface area contributed by atoms with E-state index >= 15 is 0 Å². The molecule has 28 aromatic rings. The van der Waals surface area contributed by atoms with Gasteiger partial charge in [0.2, 0.25) is 0 Å². The Hall–Kier alpha value is -17.6. The molecule has 0 spiro atoms. The molecule has 6 heteroatoms. The average molecular weight is 1670 g/mol. The Morgan fingerprint density at radius 3 is 0.742 bits per heavy atom. The Kier molecular flexibility index (Phi) is 13.9. The molecule has 7 aromatic heterocycles. The second-order valence-corrected chi connectivity index (χ2v) is 36.2. The third kappa shape index (κ3) is 9.11. The number of rotatable bonds is 6. The molecule has 0 fully saturated rings. The van der Waals surface area contributed by atoms with E-state index in [0.29, 0.717) is 0 Å². The standard InChI is InChI=1S/C48H28N2.C42H24N2.C36H20N2/c1-3-13-29(14-4-1)49-41-23-9-7-17-35(41)45-37-27-25-31(33-19-11-21-39(43(33)37)47(45)49)32-26-28-38-44-34(32)20-12-22-40(44)48-46(38)36-18-8-10-24-42(36)50(48)30-15-5-2-6-16-30;1-3-19-35-29(13-1)39-31-15-5-9-25-11-7-17-33(37(25)31)41(39)43(35)27-21-23-28(24-22-27)44-36-20-4-2-14-30(36)40-32-16-6-10-26-12-8-18-34(38(26)32)42(40)44;1-3-16-30-23(10-1)24-12-7-13-25-29-20-22(18-19-32(29)38(30)35(24)25)37-31-17-4-2-11-26(31)34-27-14-5-8-21-9-6-15-28(33(21)27)36(34)37/h1-28H;1-24H;1-20H. The lowest BCUT2D eigenvalue weighted by Crippen LogP contribution is -1.99. The summed E-state index contributed by atoms with van der Waals surface area (Å²) in [7, 11) is 0. The van der Waals surface area contributed by atoms with Crippen LogP contribution in [0.25, 0.3) is 298 Å². The van der Waals surface area contributed by atoms with Gasteiger partial charge in [-0.3, -0.25) is 0 Å². The first-order valence-corrected chi connectivity index (χ1v) is 45.9. The molecule has 0 unspecified atom stereocenters. The van der Waals surface area contributed by atoms with Crippen LogP contribution in [0.5, 0.6) is 0 Å². The van der Waals surface area contributed by atoms with Crippen LogP contribution in [0.15, 0.2) is 437 Å². The minimum atomic E-state index is 1.18. The molecule has 6 nitrogen and oxygen atoms in total. The highest BCUT2D eigenvalue weighted by Crippen LogP contribution is 2.61. The fraction of sp³-hybridized carbons (Fsp3) is 0. The molecule has 0 saturated heterocycles. The Labute approximate surface area is 756 Å². The van der Waals surface area contributed by atoms with Crippen LogP contribution in [0.2, 0.25) is 0 Å². The zero-order chi connectivity index (χ0) is 85.6. The number of hydrogen-bond acceptors (Lipinski definition) is 0. The van der Waals surface area contributed by atoms with E-state index in [-0.39, 0.29) is 0 Å². The van der Waals surface area contributed by atoms with Crippen molar-refractivity contribution in [1.29, 1.82) is 0 Å². The third-order valence-electron chi connectivity index (χ3n) is 29.9. The zero-order valence-corrected chi connectivity index (χ0v) is 71.3. The zero-order valence-electron chi connectivity index (χ0n) is 71.3. The summed E-state index contributed by atoms with van der Waals surface area (Å²) in [6, 6.07) is 161. The van der Waals surface area contributed by atoms with Crippen LogP contribution in [0.1, 0.15) is 0 Å². The normalized spacial score (nSPS) is 12.5. The van der Waals surface area contributed by atoms with Gasteiger partial charge in [-0.15, -0.1) is 0 Å². The second kappa shape index (κ2) is 26.1. The topological polar surface area (TPSA) is 29.1 Å². The molecule has 0 saturated carbocycles. The third-order valence-corrected chi connectivity index (χ3v) is 29.9. The lowest BCUT2D eigenvalue weighted by molar-refractivity contribution is 1.11. The highest BCUT2D eigenvalue weighted by molar-refractivity contribution is 6.31. The average Bonchev–Trinajstić information content (AvgIpc) is 1.55. The van der Waals surface area contributed by atoms with Crippen LogP contribution >= 0.6 is 0 Å². The first-order valence-electron chi connectivity index (χ1n) is 45.9. The minimum Gasteiger partial charge on any atom is -0.309 e. The van der Waals surface area contributed by atoms with Crippen molar-refractivity contribution in [1.82, 2.24) is 27.2 Å². The highest BCUT2D eigenvalue weighted by atomic mass is 15.0. The lowest BCUT2D eigenvalue weighted by Gasteiger charge is -2.15. The summed E-state index contributed by atoms with van der Waals surface area (Å²) in [5.41, 5.74) is 45.0. The van der Waals surface area contributed by atoms with Crippen molar-refractivity contribution in [3.8, 4) is 151 Å². The molecule has 7 heterocycles. The molecule has 21 aromatic carbocycles. The molecule has 0 amide bonds. The highest BCUT2D eigenvalue weighted by Gasteiger charge is 2.37. The van der Waals surface area contributed by atoms with E-state index in [0.717, 1.165) is 0 Å². The summed E-state index contributed by atoms with van der Waals surface area (Å²) >= 11 is 0. The SMILES string of the molecule is c1cc2c3c(cccc3c1)-c1c-2c2ccccc2n1-c1ccc(-n2c3c(c4ccccc42)-c2cccc4cccc-3c24)cc1.c1cc2c3c(cccc3c1)-c1c-2c2ccccc2n1-c1ccc2c(c1)c1cccc3c4ccccc4n2c31.c1ccc(-n2c3c(c4ccccc42)-c2ccc(-c4ccc5c6c(cccc46)-c4c-5c5ccccc5n4-c4ccccc4)c4cccc-3c24)cc1. The van der Waals surface area contributed by atoms with E-state index in [1.165, 1.54) is 298 Å². The van der Waals surface area contributed by atoms with Crippen molar-refractivity contribution in [3.05, 3.63) is 437 Å². The Morgan fingerprint density at radius 1 is 0.129 bits per heavy atom. The Balaban J connectivity index is 0.0000000940. The van der Waals surface area contributed by atoms with Crippen LogP contribution in [0.4, 0.5) is 0 Å². The number of para-hydroxylation sites is 9. The molecule has 5 aliphatic carbocycles. The van der Waals surface area contributed by atoms with Crippen LogP contribution in [-0.4, -0.2) is 27.2 Å². The number of fused-ring (bicyclic) bond motifs is 31. The van der Waals surface area contributed by atoms with Crippen molar-refractivity contribution in [2.45, 2.75) is 0 Å². The van der Waals surface area contributed by atoms with Gasteiger partial charge in [0.25, 0.3) is 0 Å². The predicted molar refractivity (Wildman–Crippen MR) is 553 cm³/mol. The van der Waals surface area contributed by atoms with Crippen LogP contribution < -0.4 is 0 Å². The smallest absolute Gasteiger partial charge is 0.0626 e. The Morgan fingerprint density at radius 2 is 0.371 bits per heavy atom.